The number of carbonyl (C=O) groups excluding carboxylic acids is 4. The average Bonchev–Trinajstić information content (AvgIpc) is 2.80. The van der Waals surface area contributed by atoms with Gasteiger partial charge in [0.25, 0.3) is 11.8 Å². The standard InChI is InChI=1S/C17H18Cl2N4O4/c1-17(2)15(26)23(16(27)20-17)9-8-13(25)22-21-12(24)7-6-10-4-3-5-11(18)14(10)19/h3-7H,8-9H2,1-2H3,(H,20,27)(H,21,24)(H,22,25)/b7-6+. The molecule has 1 aliphatic rings. The van der Waals surface area contributed by atoms with E-state index < -0.39 is 29.3 Å². The molecule has 0 aliphatic carbocycles. The Balaban J connectivity index is 1.79. The Morgan fingerprint density at radius 2 is 1.93 bits per heavy atom. The summed E-state index contributed by atoms with van der Waals surface area (Å²) in [6.07, 6.45) is 2.47. The molecule has 1 saturated heterocycles. The van der Waals surface area contributed by atoms with Gasteiger partial charge < -0.3 is 5.32 Å². The maximum absolute atomic E-state index is 12.0. The fraction of sp³-hybridized carbons (Fsp3) is 0.294. The topological polar surface area (TPSA) is 108 Å². The van der Waals surface area contributed by atoms with Crippen LogP contribution < -0.4 is 16.2 Å². The number of hydrogen-bond donors (Lipinski definition) is 3. The van der Waals surface area contributed by atoms with Gasteiger partial charge in [0.05, 0.1) is 10.0 Å². The van der Waals surface area contributed by atoms with E-state index in [4.69, 9.17) is 23.2 Å². The monoisotopic (exact) mass is 412 g/mol. The first-order valence-corrected chi connectivity index (χ1v) is 8.72. The van der Waals surface area contributed by atoms with Crippen LogP contribution in [-0.4, -0.2) is 40.7 Å². The fourth-order valence-electron chi connectivity index (χ4n) is 2.28. The molecule has 5 amide bonds. The van der Waals surface area contributed by atoms with Gasteiger partial charge in [0.1, 0.15) is 5.54 Å². The van der Waals surface area contributed by atoms with Crippen molar-refractivity contribution in [2.24, 2.45) is 0 Å². The van der Waals surface area contributed by atoms with Gasteiger partial charge in [-0.25, -0.2) is 4.79 Å². The largest absolute Gasteiger partial charge is 0.325 e. The number of hydrazine groups is 1. The van der Waals surface area contributed by atoms with Crippen molar-refractivity contribution in [2.45, 2.75) is 25.8 Å². The lowest BCUT2D eigenvalue weighted by Gasteiger charge is -2.15. The zero-order chi connectivity index (χ0) is 20.2. The number of urea groups is 1. The van der Waals surface area contributed by atoms with Crippen LogP contribution in [0.25, 0.3) is 6.08 Å². The van der Waals surface area contributed by atoms with Crippen molar-refractivity contribution < 1.29 is 19.2 Å². The second kappa shape index (κ2) is 8.41. The van der Waals surface area contributed by atoms with E-state index in [1.165, 1.54) is 12.2 Å². The third-order valence-corrected chi connectivity index (χ3v) is 4.56. The minimum Gasteiger partial charge on any atom is -0.324 e. The highest BCUT2D eigenvalue weighted by atomic mass is 35.5. The van der Waals surface area contributed by atoms with Gasteiger partial charge in [-0.3, -0.25) is 30.1 Å². The summed E-state index contributed by atoms with van der Waals surface area (Å²) < 4.78 is 0. The molecule has 144 valence electrons. The van der Waals surface area contributed by atoms with Crippen LogP contribution in [0.4, 0.5) is 4.79 Å². The minimum absolute atomic E-state index is 0.0935. The van der Waals surface area contributed by atoms with Crippen LogP contribution in [-0.2, 0) is 14.4 Å². The highest BCUT2D eigenvalue weighted by molar-refractivity contribution is 6.42. The van der Waals surface area contributed by atoms with Crippen LogP contribution in [0.3, 0.4) is 0 Å². The third-order valence-electron chi connectivity index (χ3n) is 3.73. The molecule has 0 radical (unpaired) electrons. The smallest absolute Gasteiger partial charge is 0.324 e. The summed E-state index contributed by atoms with van der Waals surface area (Å²) in [6.45, 7) is 3.06. The summed E-state index contributed by atoms with van der Waals surface area (Å²) >= 11 is 11.9. The predicted octanol–water partition coefficient (Wildman–Crippen LogP) is 1.87. The number of nitrogens with zero attached hydrogens (tertiary/aromatic N) is 1. The molecule has 1 heterocycles. The molecule has 0 spiro atoms. The number of rotatable bonds is 5. The molecule has 10 heteroatoms. The van der Waals surface area contributed by atoms with Gasteiger partial charge >= 0.3 is 6.03 Å². The summed E-state index contributed by atoms with van der Waals surface area (Å²) in [5.41, 5.74) is 3.95. The minimum atomic E-state index is -0.992. The molecule has 8 nitrogen and oxygen atoms in total. The summed E-state index contributed by atoms with van der Waals surface area (Å²) in [6, 6.07) is 4.43. The molecule has 0 unspecified atom stereocenters. The third kappa shape index (κ3) is 5.21. The molecule has 1 aromatic rings. The van der Waals surface area contributed by atoms with E-state index in [1.54, 1.807) is 32.0 Å². The van der Waals surface area contributed by atoms with Crippen molar-refractivity contribution in [1.82, 2.24) is 21.1 Å². The average molecular weight is 413 g/mol. The van der Waals surface area contributed by atoms with Crippen molar-refractivity contribution >= 4 is 53.0 Å². The van der Waals surface area contributed by atoms with E-state index in [0.717, 1.165) is 4.90 Å². The molecule has 0 saturated carbocycles. The molecule has 0 atom stereocenters. The molecule has 1 fully saturated rings. The molecule has 3 N–H and O–H groups in total. The Labute approximate surface area is 165 Å². The van der Waals surface area contributed by atoms with Gasteiger partial charge in [0.2, 0.25) is 5.91 Å². The molecule has 0 aromatic heterocycles. The molecule has 27 heavy (non-hydrogen) atoms. The number of hydrogen-bond acceptors (Lipinski definition) is 4. The first-order valence-electron chi connectivity index (χ1n) is 7.97. The number of carbonyl (C=O) groups is 4. The van der Waals surface area contributed by atoms with Crippen LogP contribution in [0.2, 0.25) is 10.0 Å². The van der Waals surface area contributed by atoms with Crippen LogP contribution in [0.1, 0.15) is 25.8 Å². The van der Waals surface area contributed by atoms with Crippen LogP contribution in [0, 0.1) is 0 Å². The lowest BCUT2D eigenvalue weighted by molar-refractivity contribution is -0.131. The molecule has 2 rings (SSSR count). The first kappa shape index (κ1) is 20.7. The fourth-order valence-corrected chi connectivity index (χ4v) is 2.66. The lowest BCUT2D eigenvalue weighted by Crippen LogP contribution is -2.43. The van der Waals surface area contributed by atoms with E-state index in [9.17, 15) is 19.2 Å². The van der Waals surface area contributed by atoms with E-state index >= 15 is 0 Å². The summed E-state index contributed by atoms with van der Waals surface area (Å²) in [5.74, 6) is -1.55. The van der Waals surface area contributed by atoms with Crippen molar-refractivity contribution in [3.63, 3.8) is 0 Å². The van der Waals surface area contributed by atoms with Crippen molar-refractivity contribution in [2.75, 3.05) is 6.54 Å². The van der Waals surface area contributed by atoms with Gasteiger partial charge in [-0.1, -0.05) is 35.3 Å². The van der Waals surface area contributed by atoms with Crippen molar-refractivity contribution in [3.8, 4) is 0 Å². The zero-order valence-electron chi connectivity index (χ0n) is 14.6. The van der Waals surface area contributed by atoms with Crippen molar-refractivity contribution in [3.05, 3.63) is 39.9 Å². The summed E-state index contributed by atoms with van der Waals surface area (Å²) in [4.78, 5) is 48.2. The molecule has 0 bridgehead atoms. The second-order valence-electron chi connectivity index (χ2n) is 6.28. The van der Waals surface area contributed by atoms with Gasteiger partial charge in [-0.15, -0.1) is 0 Å². The van der Waals surface area contributed by atoms with Gasteiger partial charge in [0, 0.05) is 19.0 Å². The van der Waals surface area contributed by atoms with E-state index in [2.05, 4.69) is 16.2 Å². The van der Waals surface area contributed by atoms with E-state index in [0.29, 0.717) is 15.6 Å². The van der Waals surface area contributed by atoms with Gasteiger partial charge in [-0.05, 0) is 31.6 Å². The molecule has 1 aliphatic heterocycles. The highest BCUT2D eigenvalue weighted by Crippen LogP contribution is 2.26. The van der Waals surface area contributed by atoms with Gasteiger partial charge in [0.15, 0.2) is 0 Å². The van der Waals surface area contributed by atoms with Gasteiger partial charge in [-0.2, -0.15) is 0 Å². The Bertz CT molecular complexity index is 823. The summed E-state index contributed by atoms with van der Waals surface area (Å²) in [5, 5.41) is 3.18. The number of benzene rings is 1. The quantitative estimate of drug-likeness (QED) is 0.389. The Morgan fingerprint density at radius 1 is 1.22 bits per heavy atom. The predicted molar refractivity (Wildman–Crippen MR) is 101 cm³/mol. The maximum atomic E-state index is 12.0. The number of halogens is 2. The zero-order valence-corrected chi connectivity index (χ0v) is 16.1. The molecular formula is C17H18Cl2N4O4. The highest BCUT2D eigenvalue weighted by Gasteiger charge is 2.43. The number of nitrogens with one attached hydrogen (secondary N) is 3. The lowest BCUT2D eigenvalue weighted by atomic mass is 10.1. The molecular weight excluding hydrogens is 395 g/mol. The van der Waals surface area contributed by atoms with Crippen LogP contribution in [0.5, 0.6) is 0 Å². The Kier molecular flexibility index (Phi) is 6.45. The first-order chi connectivity index (χ1) is 12.6. The van der Waals surface area contributed by atoms with E-state index in [-0.39, 0.29) is 13.0 Å². The Hall–Kier alpha value is -2.58. The Morgan fingerprint density at radius 3 is 2.56 bits per heavy atom. The maximum Gasteiger partial charge on any atom is 0.325 e. The second-order valence-corrected chi connectivity index (χ2v) is 7.06. The van der Waals surface area contributed by atoms with Crippen LogP contribution in [0.15, 0.2) is 24.3 Å². The van der Waals surface area contributed by atoms with Crippen LogP contribution >= 0.6 is 23.2 Å². The SMILES string of the molecule is CC1(C)NC(=O)N(CCC(=O)NNC(=O)/C=C/c2cccc(Cl)c2Cl)C1=O. The normalized spacial score (nSPS) is 15.8. The summed E-state index contributed by atoms with van der Waals surface area (Å²) in [7, 11) is 0. The number of imide groups is 1. The number of amides is 5. The molecule has 1 aromatic carbocycles. The van der Waals surface area contributed by atoms with Crippen molar-refractivity contribution in [1.29, 1.82) is 0 Å². The van der Waals surface area contributed by atoms with E-state index in [1.807, 2.05) is 0 Å².